The van der Waals surface area contributed by atoms with Gasteiger partial charge in [0.25, 0.3) is 11.3 Å². The fraction of sp³-hybridized carbons (Fsp3) is 0.350. The van der Waals surface area contributed by atoms with Gasteiger partial charge in [0.1, 0.15) is 17.3 Å². The van der Waals surface area contributed by atoms with Crippen LogP contribution in [-0.4, -0.2) is 33.2 Å². The molecule has 1 unspecified atom stereocenters. The van der Waals surface area contributed by atoms with Gasteiger partial charge in [-0.15, -0.1) is 0 Å². The zero-order valence-corrected chi connectivity index (χ0v) is 17.7. The van der Waals surface area contributed by atoms with Crippen LogP contribution in [0.1, 0.15) is 48.2 Å². The molecular weight excluding hydrogens is 412 g/mol. The fourth-order valence-electron chi connectivity index (χ4n) is 3.11. The Hall–Kier alpha value is -3.20. The van der Waals surface area contributed by atoms with Crippen LogP contribution in [0, 0.1) is 13.8 Å². The number of carbonyl (C=O) groups is 2. The predicted molar refractivity (Wildman–Crippen MR) is 111 cm³/mol. The quantitative estimate of drug-likeness (QED) is 0.593. The number of fused-ring (bicyclic) bond motifs is 1. The second-order valence-corrected chi connectivity index (χ2v) is 7.05. The van der Waals surface area contributed by atoms with E-state index in [0.29, 0.717) is 17.1 Å². The molecule has 2 aromatic heterocycles. The fourth-order valence-corrected chi connectivity index (χ4v) is 3.29. The maximum Gasteiger partial charge on any atom is 0.361 e. The summed E-state index contributed by atoms with van der Waals surface area (Å²) in [6.07, 6.45) is 0.305. The highest BCUT2D eigenvalue weighted by Crippen LogP contribution is 2.23. The van der Waals surface area contributed by atoms with E-state index in [1.54, 1.807) is 39.0 Å². The summed E-state index contributed by atoms with van der Waals surface area (Å²) in [6, 6.07) is 4.27. The number of aryl methyl sites for hydroxylation is 2. The Balaban J connectivity index is 2.05. The first-order chi connectivity index (χ1) is 14.3. The number of hydrogen-bond acceptors (Lipinski definition) is 7. The Morgan fingerprint density at radius 3 is 2.67 bits per heavy atom. The summed E-state index contributed by atoms with van der Waals surface area (Å²) < 4.78 is 11.2. The molecule has 0 saturated carbocycles. The Morgan fingerprint density at radius 1 is 1.30 bits per heavy atom. The van der Waals surface area contributed by atoms with Crippen molar-refractivity contribution in [1.82, 2.24) is 14.7 Å². The third-order valence-corrected chi connectivity index (χ3v) is 5.04. The molecule has 158 valence electrons. The van der Waals surface area contributed by atoms with Crippen molar-refractivity contribution in [2.24, 2.45) is 0 Å². The summed E-state index contributed by atoms with van der Waals surface area (Å²) in [7, 11) is 0. The number of aromatic nitrogens is 3. The number of nitrogens with zero attached hydrogens (tertiary/aromatic N) is 3. The molecule has 0 bridgehead atoms. The van der Waals surface area contributed by atoms with Crippen LogP contribution in [0.5, 0.6) is 0 Å². The van der Waals surface area contributed by atoms with E-state index in [2.05, 4.69) is 15.5 Å². The number of anilines is 1. The summed E-state index contributed by atoms with van der Waals surface area (Å²) in [5.74, 6) is -0.960. The van der Waals surface area contributed by atoms with Crippen molar-refractivity contribution < 1.29 is 18.8 Å². The number of benzene rings is 1. The van der Waals surface area contributed by atoms with E-state index in [9.17, 15) is 14.4 Å². The molecule has 3 aromatic rings. The van der Waals surface area contributed by atoms with Gasteiger partial charge < -0.3 is 14.6 Å². The van der Waals surface area contributed by atoms with Gasteiger partial charge in [-0.3, -0.25) is 14.2 Å². The average molecular weight is 433 g/mol. The van der Waals surface area contributed by atoms with Gasteiger partial charge >= 0.3 is 5.97 Å². The molecule has 9 nitrogen and oxygen atoms in total. The summed E-state index contributed by atoms with van der Waals surface area (Å²) in [5.41, 5.74) is 0.426. The van der Waals surface area contributed by atoms with Crippen LogP contribution >= 0.6 is 11.6 Å². The van der Waals surface area contributed by atoms with Crippen molar-refractivity contribution in [3.8, 4) is 0 Å². The highest BCUT2D eigenvalue weighted by molar-refractivity contribution is 6.31. The molecule has 0 aliphatic carbocycles. The topological polar surface area (TPSA) is 116 Å². The van der Waals surface area contributed by atoms with Crippen LogP contribution in [-0.2, 0) is 9.53 Å². The van der Waals surface area contributed by atoms with E-state index in [0.717, 1.165) is 5.56 Å². The summed E-state index contributed by atoms with van der Waals surface area (Å²) in [6.45, 7) is 6.94. The lowest BCUT2D eigenvalue weighted by molar-refractivity contribution is -0.119. The number of esters is 1. The standard InChI is InChI=1S/C20H21ClN4O5/c1-5-14(17(26)23-12-8-7-10(3)13(21)9-12)25-11(4)22-18-15(19(25)27)16(24-30-18)20(28)29-6-2/h7-9,14H,5-6H2,1-4H3,(H,23,26). The largest absolute Gasteiger partial charge is 0.461 e. The molecule has 10 heteroatoms. The van der Waals surface area contributed by atoms with Gasteiger partial charge in [-0.2, -0.15) is 4.98 Å². The highest BCUT2D eigenvalue weighted by atomic mass is 35.5. The molecule has 0 spiro atoms. The van der Waals surface area contributed by atoms with Crippen molar-refractivity contribution in [3.63, 3.8) is 0 Å². The van der Waals surface area contributed by atoms with Crippen molar-refractivity contribution in [2.45, 2.75) is 40.2 Å². The molecule has 0 aliphatic heterocycles. The van der Waals surface area contributed by atoms with Crippen molar-refractivity contribution in [2.75, 3.05) is 11.9 Å². The lowest BCUT2D eigenvalue weighted by Crippen LogP contribution is -2.35. The number of rotatable bonds is 6. The molecule has 30 heavy (non-hydrogen) atoms. The van der Waals surface area contributed by atoms with Crippen LogP contribution in [0.3, 0.4) is 0 Å². The number of carbonyl (C=O) groups excluding carboxylic acids is 2. The van der Waals surface area contributed by atoms with Gasteiger partial charge in [0, 0.05) is 10.7 Å². The predicted octanol–water partition coefficient (Wildman–Crippen LogP) is 3.42. The summed E-state index contributed by atoms with van der Waals surface area (Å²) in [5, 5.41) is 6.80. The molecule has 0 fully saturated rings. The van der Waals surface area contributed by atoms with E-state index in [4.69, 9.17) is 20.9 Å². The Kier molecular flexibility index (Phi) is 6.21. The van der Waals surface area contributed by atoms with Gasteiger partial charge in [-0.05, 0) is 44.9 Å². The molecule has 1 aromatic carbocycles. The Bertz CT molecular complexity index is 1180. The minimum atomic E-state index is -0.876. The second-order valence-electron chi connectivity index (χ2n) is 6.64. The number of amides is 1. The maximum atomic E-state index is 13.2. The number of ether oxygens (including phenoxy) is 1. The van der Waals surface area contributed by atoms with Crippen LogP contribution < -0.4 is 10.9 Å². The van der Waals surface area contributed by atoms with Crippen LogP contribution in [0.15, 0.2) is 27.5 Å². The zero-order chi connectivity index (χ0) is 22.0. The number of halogens is 1. The molecular formula is C20H21ClN4O5. The number of hydrogen-bond donors (Lipinski definition) is 1. The van der Waals surface area contributed by atoms with Crippen molar-refractivity contribution in [1.29, 1.82) is 0 Å². The first-order valence-electron chi connectivity index (χ1n) is 9.41. The first kappa shape index (κ1) is 21.5. The smallest absolute Gasteiger partial charge is 0.361 e. The van der Waals surface area contributed by atoms with Gasteiger partial charge in [-0.1, -0.05) is 29.7 Å². The van der Waals surface area contributed by atoms with Crippen molar-refractivity contribution in [3.05, 3.63) is 50.7 Å². The molecule has 1 atom stereocenters. The molecule has 2 heterocycles. The Labute approximate surface area is 177 Å². The molecule has 1 N–H and O–H groups in total. The highest BCUT2D eigenvalue weighted by Gasteiger charge is 2.28. The maximum absolute atomic E-state index is 13.2. The molecule has 1 amide bonds. The van der Waals surface area contributed by atoms with Crippen LogP contribution in [0.25, 0.3) is 11.1 Å². The summed E-state index contributed by atoms with van der Waals surface area (Å²) in [4.78, 5) is 42.5. The lowest BCUT2D eigenvalue weighted by Gasteiger charge is -2.20. The Morgan fingerprint density at radius 2 is 2.03 bits per heavy atom. The first-order valence-corrected chi connectivity index (χ1v) is 9.78. The van der Waals surface area contributed by atoms with Gasteiger partial charge in [0.2, 0.25) is 11.6 Å². The summed E-state index contributed by atoms with van der Waals surface area (Å²) >= 11 is 6.13. The SMILES string of the molecule is CCOC(=O)c1noc2nc(C)n(C(CC)C(=O)Nc3ccc(C)c(Cl)c3)c(=O)c12. The van der Waals surface area contributed by atoms with E-state index < -0.39 is 23.5 Å². The lowest BCUT2D eigenvalue weighted by atomic mass is 10.1. The third-order valence-electron chi connectivity index (χ3n) is 4.63. The third kappa shape index (κ3) is 3.93. The van der Waals surface area contributed by atoms with Gasteiger partial charge in [-0.25, -0.2) is 4.79 Å². The van der Waals surface area contributed by atoms with Gasteiger partial charge in [0.15, 0.2) is 0 Å². The second kappa shape index (κ2) is 8.66. The van der Waals surface area contributed by atoms with E-state index in [1.165, 1.54) is 4.57 Å². The molecule has 0 saturated heterocycles. The number of nitrogens with one attached hydrogen (secondary N) is 1. The van der Waals surface area contributed by atoms with E-state index >= 15 is 0 Å². The van der Waals surface area contributed by atoms with Crippen LogP contribution in [0.2, 0.25) is 5.02 Å². The van der Waals surface area contributed by atoms with Crippen molar-refractivity contribution >= 4 is 40.3 Å². The monoisotopic (exact) mass is 432 g/mol. The average Bonchev–Trinajstić information content (AvgIpc) is 3.12. The minimum absolute atomic E-state index is 0.0858. The minimum Gasteiger partial charge on any atom is -0.461 e. The van der Waals surface area contributed by atoms with Gasteiger partial charge in [0.05, 0.1) is 6.61 Å². The van der Waals surface area contributed by atoms with Crippen LogP contribution in [0.4, 0.5) is 5.69 Å². The molecule has 0 aliphatic rings. The normalized spacial score (nSPS) is 12.0. The van der Waals surface area contributed by atoms with E-state index in [1.807, 2.05) is 6.92 Å². The molecule has 3 rings (SSSR count). The molecule has 0 radical (unpaired) electrons. The van der Waals surface area contributed by atoms with E-state index in [-0.39, 0.29) is 29.2 Å². The zero-order valence-electron chi connectivity index (χ0n) is 17.0.